The summed E-state index contributed by atoms with van der Waals surface area (Å²) in [5.41, 5.74) is 2.14. The summed E-state index contributed by atoms with van der Waals surface area (Å²) in [6, 6.07) is 4.06. The summed E-state index contributed by atoms with van der Waals surface area (Å²) in [6.45, 7) is 4.56. The molecule has 0 radical (unpaired) electrons. The number of aromatic nitrogens is 1. The Morgan fingerprint density at radius 1 is 1.41 bits per heavy atom. The zero-order valence-corrected chi connectivity index (χ0v) is 10.6. The third-order valence-corrected chi connectivity index (χ3v) is 3.28. The van der Waals surface area contributed by atoms with Crippen LogP contribution in [0.25, 0.3) is 0 Å². The lowest BCUT2D eigenvalue weighted by atomic mass is 10.1. The maximum atomic E-state index is 5.75. The number of hydrogen-bond donors (Lipinski definition) is 1. The Kier molecular flexibility index (Phi) is 4.80. The molecule has 0 aromatic carbocycles. The summed E-state index contributed by atoms with van der Waals surface area (Å²) >= 11 is 0. The third kappa shape index (κ3) is 4.00. The van der Waals surface area contributed by atoms with Gasteiger partial charge in [0.25, 0.3) is 0 Å². The topological polar surface area (TPSA) is 34.2 Å². The largest absolute Gasteiger partial charge is 0.385 e. The smallest absolute Gasteiger partial charge is 0.0888 e. The van der Waals surface area contributed by atoms with Gasteiger partial charge in [-0.1, -0.05) is 12.8 Å². The molecule has 0 spiro atoms. The Balaban J connectivity index is 1.75. The number of nitrogens with zero attached hydrogens (tertiary/aromatic N) is 1. The Morgan fingerprint density at radius 3 is 3.00 bits per heavy atom. The molecule has 1 saturated carbocycles. The van der Waals surface area contributed by atoms with Crippen LogP contribution in [0.3, 0.4) is 0 Å². The van der Waals surface area contributed by atoms with Crippen LogP contribution in [0.2, 0.25) is 0 Å². The lowest BCUT2D eigenvalue weighted by Crippen LogP contribution is -2.06. The van der Waals surface area contributed by atoms with Gasteiger partial charge in [0.05, 0.1) is 12.3 Å². The first-order valence-corrected chi connectivity index (χ1v) is 6.65. The van der Waals surface area contributed by atoms with Crippen LogP contribution in [0.5, 0.6) is 0 Å². The van der Waals surface area contributed by atoms with E-state index in [9.17, 15) is 0 Å². The Bertz CT molecular complexity index is 335. The molecule has 94 valence electrons. The average molecular weight is 234 g/mol. The van der Waals surface area contributed by atoms with E-state index in [1.54, 1.807) is 0 Å². The monoisotopic (exact) mass is 234 g/mol. The van der Waals surface area contributed by atoms with Crippen molar-refractivity contribution in [2.45, 2.75) is 39.2 Å². The normalized spacial score (nSPS) is 16.3. The first-order valence-electron chi connectivity index (χ1n) is 6.65. The molecule has 0 amide bonds. The zero-order valence-electron chi connectivity index (χ0n) is 10.6. The van der Waals surface area contributed by atoms with E-state index < -0.39 is 0 Å². The van der Waals surface area contributed by atoms with Crippen LogP contribution in [-0.4, -0.2) is 18.1 Å². The predicted molar refractivity (Wildman–Crippen MR) is 70.0 cm³/mol. The molecule has 0 unspecified atom stereocenters. The molecule has 0 atom stereocenters. The lowest BCUT2D eigenvalue weighted by Gasteiger charge is -2.10. The molecule has 2 rings (SSSR count). The maximum Gasteiger partial charge on any atom is 0.0888 e. The molecule has 1 aromatic heterocycles. The van der Waals surface area contributed by atoms with E-state index >= 15 is 0 Å². The van der Waals surface area contributed by atoms with Crippen LogP contribution < -0.4 is 5.32 Å². The van der Waals surface area contributed by atoms with Gasteiger partial charge in [0.2, 0.25) is 0 Å². The van der Waals surface area contributed by atoms with Crippen LogP contribution in [0.4, 0.5) is 5.69 Å². The molecule has 0 saturated heterocycles. The highest BCUT2D eigenvalue weighted by Crippen LogP contribution is 2.24. The second-order valence-corrected chi connectivity index (χ2v) is 4.73. The van der Waals surface area contributed by atoms with Gasteiger partial charge in [0.1, 0.15) is 0 Å². The van der Waals surface area contributed by atoms with Crippen molar-refractivity contribution in [2.24, 2.45) is 5.92 Å². The van der Waals surface area contributed by atoms with Crippen LogP contribution in [-0.2, 0) is 11.3 Å². The quantitative estimate of drug-likeness (QED) is 0.820. The van der Waals surface area contributed by atoms with Gasteiger partial charge >= 0.3 is 0 Å². The molecule has 1 N–H and O–H groups in total. The van der Waals surface area contributed by atoms with Gasteiger partial charge in [-0.05, 0) is 37.8 Å². The van der Waals surface area contributed by atoms with Crippen molar-refractivity contribution in [3.8, 4) is 0 Å². The predicted octanol–water partition coefficient (Wildman–Crippen LogP) is 3.22. The molecule has 1 aliphatic rings. The average Bonchev–Trinajstić information content (AvgIpc) is 2.83. The Labute approximate surface area is 104 Å². The summed E-state index contributed by atoms with van der Waals surface area (Å²) in [4.78, 5) is 4.32. The Morgan fingerprint density at radius 2 is 2.24 bits per heavy atom. The van der Waals surface area contributed by atoms with Crippen molar-refractivity contribution < 1.29 is 4.74 Å². The summed E-state index contributed by atoms with van der Waals surface area (Å²) in [5, 5.41) is 3.28. The summed E-state index contributed by atoms with van der Waals surface area (Å²) in [6.07, 6.45) is 7.27. The van der Waals surface area contributed by atoms with Gasteiger partial charge in [-0.3, -0.25) is 4.98 Å². The fraction of sp³-hybridized carbons (Fsp3) is 0.643. The minimum absolute atomic E-state index is 0.635. The summed E-state index contributed by atoms with van der Waals surface area (Å²) in [5.74, 6) is 0.784. The molecular formula is C14H22N2O. The first kappa shape index (κ1) is 12.4. The molecular weight excluding hydrogens is 212 g/mol. The van der Waals surface area contributed by atoms with E-state index in [-0.39, 0.29) is 0 Å². The van der Waals surface area contributed by atoms with Crippen molar-refractivity contribution in [1.29, 1.82) is 0 Å². The molecule has 17 heavy (non-hydrogen) atoms. The van der Waals surface area contributed by atoms with E-state index in [0.29, 0.717) is 6.61 Å². The van der Waals surface area contributed by atoms with Crippen molar-refractivity contribution in [3.63, 3.8) is 0 Å². The molecule has 1 fully saturated rings. The summed E-state index contributed by atoms with van der Waals surface area (Å²) in [7, 11) is 0. The SMILES string of the molecule is CCNc1ccnc(COCC2CCCC2)c1. The van der Waals surface area contributed by atoms with E-state index in [2.05, 4.69) is 23.3 Å². The van der Waals surface area contributed by atoms with Crippen LogP contribution in [0, 0.1) is 5.92 Å². The van der Waals surface area contributed by atoms with Crippen molar-refractivity contribution in [1.82, 2.24) is 4.98 Å². The molecule has 1 aliphatic carbocycles. The van der Waals surface area contributed by atoms with E-state index in [1.807, 2.05) is 12.3 Å². The van der Waals surface area contributed by atoms with E-state index in [4.69, 9.17) is 4.74 Å². The highest BCUT2D eigenvalue weighted by molar-refractivity contribution is 5.42. The van der Waals surface area contributed by atoms with Crippen LogP contribution in [0.15, 0.2) is 18.3 Å². The molecule has 1 heterocycles. The van der Waals surface area contributed by atoms with E-state index in [1.165, 1.54) is 25.7 Å². The van der Waals surface area contributed by atoms with Gasteiger partial charge in [0.15, 0.2) is 0 Å². The van der Waals surface area contributed by atoms with E-state index in [0.717, 1.165) is 30.5 Å². The first-order chi connectivity index (χ1) is 8.38. The number of ether oxygens (including phenoxy) is 1. The summed E-state index contributed by atoms with van der Waals surface area (Å²) < 4.78 is 5.75. The van der Waals surface area contributed by atoms with Crippen molar-refractivity contribution >= 4 is 5.69 Å². The third-order valence-electron chi connectivity index (χ3n) is 3.28. The van der Waals surface area contributed by atoms with Gasteiger partial charge < -0.3 is 10.1 Å². The van der Waals surface area contributed by atoms with Gasteiger partial charge in [0, 0.05) is 25.0 Å². The zero-order chi connectivity index (χ0) is 11.9. The number of pyridine rings is 1. The van der Waals surface area contributed by atoms with Gasteiger partial charge in [-0.2, -0.15) is 0 Å². The van der Waals surface area contributed by atoms with Gasteiger partial charge in [-0.25, -0.2) is 0 Å². The lowest BCUT2D eigenvalue weighted by molar-refractivity contribution is 0.0867. The second kappa shape index (κ2) is 6.60. The maximum absolute atomic E-state index is 5.75. The standard InChI is InChI=1S/C14H22N2O/c1-2-15-13-7-8-16-14(9-13)11-17-10-12-5-3-4-6-12/h7-9,12H,2-6,10-11H2,1H3,(H,15,16). The number of rotatable bonds is 6. The minimum Gasteiger partial charge on any atom is -0.385 e. The highest BCUT2D eigenvalue weighted by Gasteiger charge is 2.14. The molecule has 3 heteroatoms. The fourth-order valence-corrected chi connectivity index (χ4v) is 2.38. The van der Waals surface area contributed by atoms with Crippen LogP contribution in [0.1, 0.15) is 38.3 Å². The van der Waals surface area contributed by atoms with Crippen molar-refractivity contribution in [3.05, 3.63) is 24.0 Å². The number of anilines is 1. The highest BCUT2D eigenvalue weighted by atomic mass is 16.5. The number of hydrogen-bond acceptors (Lipinski definition) is 3. The fourth-order valence-electron chi connectivity index (χ4n) is 2.38. The number of nitrogens with one attached hydrogen (secondary N) is 1. The van der Waals surface area contributed by atoms with Crippen LogP contribution >= 0.6 is 0 Å². The minimum atomic E-state index is 0.635. The van der Waals surface area contributed by atoms with Crippen molar-refractivity contribution in [2.75, 3.05) is 18.5 Å². The molecule has 0 aliphatic heterocycles. The van der Waals surface area contributed by atoms with Gasteiger partial charge in [-0.15, -0.1) is 0 Å². The Hall–Kier alpha value is -1.09. The molecule has 0 bridgehead atoms. The molecule has 3 nitrogen and oxygen atoms in total. The molecule has 1 aromatic rings. The second-order valence-electron chi connectivity index (χ2n) is 4.73.